The quantitative estimate of drug-likeness (QED) is 0.486. The largest absolute Gasteiger partial charge is 0.258 e. The molecule has 0 amide bonds. The minimum absolute atomic E-state index is 0.400. The molecular formula is C8H11NO2. The second kappa shape index (κ2) is 4.05. The third-order valence-corrected chi connectivity index (χ3v) is 1.30. The van der Waals surface area contributed by atoms with Crippen LogP contribution < -0.4 is 0 Å². The number of hydrogen-bond acceptors (Lipinski definition) is 3. The van der Waals surface area contributed by atoms with Gasteiger partial charge in [0.05, 0.1) is 12.8 Å². The van der Waals surface area contributed by atoms with Crippen molar-refractivity contribution in [1.82, 2.24) is 4.98 Å². The van der Waals surface area contributed by atoms with Gasteiger partial charge in [-0.2, -0.15) is 0 Å². The van der Waals surface area contributed by atoms with Gasteiger partial charge in [-0.25, -0.2) is 9.78 Å². The summed E-state index contributed by atoms with van der Waals surface area (Å²) < 4.78 is 0. The Hall–Kier alpha value is -0.930. The van der Waals surface area contributed by atoms with Crippen molar-refractivity contribution < 1.29 is 9.78 Å². The minimum atomic E-state index is 0.400. The lowest BCUT2D eigenvalue weighted by Crippen LogP contribution is -1.93. The molecule has 0 spiro atoms. The first-order valence-electron chi connectivity index (χ1n) is 3.40. The van der Waals surface area contributed by atoms with Gasteiger partial charge in [-0.3, -0.25) is 4.98 Å². The summed E-state index contributed by atoms with van der Waals surface area (Å²) in [6.07, 6.45) is 1.80. The van der Waals surface area contributed by atoms with Crippen LogP contribution in [-0.2, 0) is 16.4 Å². The molecule has 0 radical (unpaired) electrons. The van der Waals surface area contributed by atoms with Gasteiger partial charge in [0.2, 0.25) is 0 Å². The molecule has 1 aromatic heterocycles. The maximum absolute atomic E-state index is 4.70. The van der Waals surface area contributed by atoms with Gasteiger partial charge in [0, 0.05) is 6.20 Å². The zero-order valence-corrected chi connectivity index (χ0v) is 6.70. The lowest BCUT2D eigenvalue weighted by molar-refractivity contribution is -0.282. The van der Waals surface area contributed by atoms with E-state index in [1.165, 1.54) is 7.11 Å². The van der Waals surface area contributed by atoms with Crippen LogP contribution in [-0.4, -0.2) is 12.1 Å². The van der Waals surface area contributed by atoms with Crippen LogP contribution in [0.4, 0.5) is 0 Å². The molecule has 60 valence electrons. The Morgan fingerprint density at radius 2 is 2.27 bits per heavy atom. The topological polar surface area (TPSA) is 31.4 Å². The molecule has 0 aliphatic heterocycles. The molecule has 0 atom stereocenters. The Balaban J connectivity index is 2.52. The maximum Gasteiger partial charge on any atom is 0.124 e. The van der Waals surface area contributed by atoms with Crippen molar-refractivity contribution in [3.05, 3.63) is 29.6 Å². The van der Waals surface area contributed by atoms with Crippen molar-refractivity contribution in [3.8, 4) is 0 Å². The Morgan fingerprint density at radius 3 is 2.82 bits per heavy atom. The fourth-order valence-electron chi connectivity index (χ4n) is 0.703. The highest BCUT2D eigenvalue weighted by atomic mass is 17.2. The molecule has 1 heterocycles. The molecule has 0 unspecified atom stereocenters. The standard InChI is InChI=1S/C8H11NO2/c1-7-3-4-8(9-5-7)6-11-10-2/h3-5H,6H2,1-2H3. The van der Waals surface area contributed by atoms with Crippen molar-refractivity contribution in [3.63, 3.8) is 0 Å². The smallest absolute Gasteiger partial charge is 0.124 e. The normalized spacial score (nSPS) is 10.0. The number of rotatable bonds is 3. The van der Waals surface area contributed by atoms with Crippen molar-refractivity contribution in [2.24, 2.45) is 0 Å². The summed E-state index contributed by atoms with van der Waals surface area (Å²) >= 11 is 0. The molecule has 3 heteroatoms. The molecule has 0 N–H and O–H groups in total. The fraction of sp³-hybridized carbons (Fsp3) is 0.375. The monoisotopic (exact) mass is 153 g/mol. The second-order valence-corrected chi connectivity index (χ2v) is 2.26. The third-order valence-electron chi connectivity index (χ3n) is 1.30. The predicted octanol–water partition coefficient (Wildman–Crippen LogP) is 1.47. The van der Waals surface area contributed by atoms with E-state index in [-0.39, 0.29) is 0 Å². The van der Waals surface area contributed by atoms with Crippen LogP contribution >= 0.6 is 0 Å². The third kappa shape index (κ3) is 2.65. The van der Waals surface area contributed by atoms with E-state index in [9.17, 15) is 0 Å². The van der Waals surface area contributed by atoms with Crippen molar-refractivity contribution in [2.45, 2.75) is 13.5 Å². The van der Waals surface area contributed by atoms with Gasteiger partial charge in [0.1, 0.15) is 6.61 Å². The predicted molar refractivity (Wildman–Crippen MR) is 40.8 cm³/mol. The molecule has 0 aliphatic carbocycles. The van der Waals surface area contributed by atoms with Gasteiger partial charge >= 0.3 is 0 Å². The lowest BCUT2D eigenvalue weighted by atomic mass is 10.3. The van der Waals surface area contributed by atoms with Gasteiger partial charge < -0.3 is 0 Å². The van der Waals surface area contributed by atoms with E-state index in [4.69, 9.17) is 4.89 Å². The van der Waals surface area contributed by atoms with Crippen LogP contribution in [0.25, 0.3) is 0 Å². The van der Waals surface area contributed by atoms with E-state index in [0.29, 0.717) is 6.61 Å². The number of aryl methyl sites for hydroxylation is 1. The summed E-state index contributed by atoms with van der Waals surface area (Å²) in [4.78, 5) is 13.2. The summed E-state index contributed by atoms with van der Waals surface area (Å²) in [7, 11) is 1.48. The molecule has 0 aliphatic rings. The summed E-state index contributed by atoms with van der Waals surface area (Å²) in [6, 6.07) is 3.90. The molecule has 3 nitrogen and oxygen atoms in total. The van der Waals surface area contributed by atoms with Crippen molar-refractivity contribution in [1.29, 1.82) is 0 Å². The summed E-state index contributed by atoms with van der Waals surface area (Å²) in [6.45, 7) is 2.39. The number of nitrogens with zero attached hydrogens (tertiary/aromatic N) is 1. The minimum Gasteiger partial charge on any atom is -0.258 e. The molecule has 0 bridgehead atoms. The zero-order valence-electron chi connectivity index (χ0n) is 6.70. The molecule has 0 aromatic carbocycles. The molecule has 11 heavy (non-hydrogen) atoms. The average molecular weight is 153 g/mol. The zero-order chi connectivity index (χ0) is 8.10. The summed E-state index contributed by atoms with van der Waals surface area (Å²) in [5.41, 5.74) is 2.02. The fourth-order valence-corrected chi connectivity index (χ4v) is 0.703. The SMILES string of the molecule is COOCc1ccc(C)cn1. The molecule has 1 aromatic rings. The molecule has 0 saturated heterocycles. The Bertz CT molecular complexity index is 208. The number of pyridine rings is 1. The van der Waals surface area contributed by atoms with Gasteiger partial charge in [0.15, 0.2) is 0 Å². The van der Waals surface area contributed by atoms with Crippen molar-refractivity contribution >= 4 is 0 Å². The van der Waals surface area contributed by atoms with Crippen LogP contribution in [0.5, 0.6) is 0 Å². The lowest BCUT2D eigenvalue weighted by Gasteiger charge is -1.98. The first kappa shape index (κ1) is 8.17. The van der Waals surface area contributed by atoms with E-state index in [0.717, 1.165) is 11.3 Å². The molecule has 1 rings (SSSR count). The second-order valence-electron chi connectivity index (χ2n) is 2.26. The van der Waals surface area contributed by atoms with E-state index in [2.05, 4.69) is 9.87 Å². The van der Waals surface area contributed by atoms with Crippen LogP contribution in [0.1, 0.15) is 11.3 Å². The number of aromatic nitrogens is 1. The van der Waals surface area contributed by atoms with E-state index in [1.54, 1.807) is 6.20 Å². The highest BCUT2D eigenvalue weighted by molar-refractivity contribution is 5.11. The van der Waals surface area contributed by atoms with Crippen LogP contribution in [0.2, 0.25) is 0 Å². The molecule has 0 saturated carbocycles. The van der Waals surface area contributed by atoms with Gasteiger partial charge in [-0.05, 0) is 18.6 Å². The van der Waals surface area contributed by atoms with Gasteiger partial charge in [-0.1, -0.05) is 6.07 Å². The summed E-state index contributed by atoms with van der Waals surface area (Å²) in [5.74, 6) is 0. The maximum atomic E-state index is 4.70. The Kier molecular flexibility index (Phi) is 3.01. The highest BCUT2D eigenvalue weighted by Gasteiger charge is 1.92. The molecular weight excluding hydrogens is 142 g/mol. The first-order valence-corrected chi connectivity index (χ1v) is 3.40. The average Bonchev–Trinajstić information content (AvgIpc) is 2.04. The van der Waals surface area contributed by atoms with Crippen molar-refractivity contribution in [2.75, 3.05) is 7.11 Å². The van der Waals surface area contributed by atoms with Gasteiger partial charge in [-0.15, -0.1) is 0 Å². The van der Waals surface area contributed by atoms with E-state index >= 15 is 0 Å². The summed E-state index contributed by atoms with van der Waals surface area (Å²) in [5, 5.41) is 0. The Labute approximate surface area is 65.9 Å². The first-order chi connectivity index (χ1) is 5.33. The Morgan fingerprint density at radius 1 is 1.45 bits per heavy atom. The van der Waals surface area contributed by atoms with Crippen LogP contribution in [0, 0.1) is 6.92 Å². The molecule has 0 fully saturated rings. The number of hydrogen-bond donors (Lipinski definition) is 0. The highest BCUT2D eigenvalue weighted by Crippen LogP contribution is 1.99. The van der Waals surface area contributed by atoms with Gasteiger partial charge in [0.25, 0.3) is 0 Å². The van der Waals surface area contributed by atoms with E-state index < -0.39 is 0 Å². The van der Waals surface area contributed by atoms with E-state index in [1.807, 2.05) is 19.1 Å². The van der Waals surface area contributed by atoms with Crippen LogP contribution in [0.15, 0.2) is 18.3 Å². The van der Waals surface area contributed by atoms with Crippen LogP contribution in [0.3, 0.4) is 0 Å².